The van der Waals surface area contributed by atoms with Gasteiger partial charge in [0.1, 0.15) is 11.5 Å². The average Bonchev–Trinajstić information content (AvgIpc) is 2.95. The van der Waals surface area contributed by atoms with Crippen LogP contribution in [0.5, 0.6) is 5.75 Å². The van der Waals surface area contributed by atoms with E-state index in [9.17, 15) is 9.90 Å². The molecule has 2 aromatic rings. The van der Waals surface area contributed by atoms with Gasteiger partial charge in [-0.2, -0.15) is 0 Å². The van der Waals surface area contributed by atoms with Gasteiger partial charge in [-0.25, -0.2) is 0 Å². The number of benzene rings is 1. The maximum absolute atomic E-state index is 13.5. The van der Waals surface area contributed by atoms with Crippen LogP contribution in [0.3, 0.4) is 0 Å². The third-order valence-electron chi connectivity index (χ3n) is 5.27. The van der Waals surface area contributed by atoms with E-state index >= 15 is 0 Å². The van der Waals surface area contributed by atoms with Crippen molar-refractivity contribution in [2.45, 2.75) is 32.2 Å². The highest BCUT2D eigenvalue weighted by Gasteiger charge is 2.67. The first-order chi connectivity index (χ1) is 11.9. The zero-order valence-electron chi connectivity index (χ0n) is 15.0. The maximum Gasteiger partial charge on any atom is 0.234 e. The number of hydrogen-bond donors (Lipinski definition) is 1. The molecule has 0 saturated heterocycles. The fourth-order valence-electron chi connectivity index (χ4n) is 3.71. The number of hydrogen-bond acceptors (Lipinski definition) is 4. The Labute approximate surface area is 148 Å². The second kappa shape index (κ2) is 6.56. The number of nitrogens with zero attached hydrogens (tertiary/aromatic N) is 1. The third kappa shape index (κ3) is 3.04. The Morgan fingerprint density at radius 2 is 1.96 bits per heavy atom. The summed E-state index contributed by atoms with van der Waals surface area (Å²) in [5.41, 5.74) is 0.294. The van der Waals surface area contributed by atoms with Crippen molar-refractivity contribution >= 4 is 5.91 Å². The molecular formula is C20H25NO4. The van der Waals surface area contributed by atoms with Gasteiger partial charge >= 0.3 is 0 Å². The van der Waals surface area contributed by atoms with Gasteiger partial charge in [0.05, 0.1) is 31.9 Å². The van der Waals surface area contributed by atoms with Crippen molar-refractivity contribution in [3.8, 4) is 5.75 Å². The van der Waals surface area contributed by atoms with Crippen molar-refractivity contribution < 1.29 is 19.1 Å². The summed E-state index contributed by atoms with van der Waals surface area (Å²) in [4.78, 5) is 15.1. The van der Waals surface area contributed by atoms with Crippen molar-refractivity contribution in [2.75, 3.05) is 20.3 Å². The Morgan fingerprint density at radius 1 is 1.28 bits per heavy atom. The quantitative estimate of drug-likeness (QED) is 0.839. The van der Waals surface area contributed by atoms with E-state index in [1.165, 1.54) is 0 Å². The van der Waals surface area contributed by atoms with Crippen molar-refractivity contribution in [1.82, 2.24) is 4.90 Å². The normalized spacial score (nSPS) is 21.0. The SMILES string of the molecule is COc1ccc([C@@]2(C(=O)N(CCO)Cc3ccco3)CC2(C)C)cc1. The smallest absolute Gasteiger partial charge is 0.234 e. The first kappa shape index (κ1) is 17.5. The number of rotatable bonds is 7. The monoisotopic (exact) mass is 343 g/mol. The molecule has 1 aromatic carbocycles. The van der Waals surface area contributed by atoms with Crippen molar-refractivity contribution in [3.63, 3.8) is 0 Å². The Kier molecular flexibility index (Phi) is 4.60. The molecule has 1 N–H and O–H groups in total. The van der Waals surface area contributed by atoms with Gasteiger partial charge in [-0.3, -0.25) is 4.79 Å². The van der Waals surface area contributed by atoms with E-state index in [4.69, 9.17) is 9.15 Å². The molecule has 0 aliphatic heterocycles. The molecule has 0 bridgehead atoms. The molecule has 134 valence electrons. The summed E-state index contributed by atoms with van der Waals surface area (Å²) in [7, 11) is 1.63. The second-order valence-electron chi connectivity index (χ2n) is 7.22. The molecule has 5 heteroatoms. The Bertz CT molecular complexity index is 721. The van der Waals surface area contributed by atoms with Gasteiger partial charge in [0, 0.05) is 6.54 Å². The van der Waals surface area contributed by atoms with E-state index in [0.717, 1.165) is 17.7 Å². The van der Waals surface area contributed by atoms with E-state index in [-0.39, 0.29) is 24.5 Å². The van der Waals surface area contributed by atoms with Gasteiger partial charge in [-0.1, -0.05) is 26.0 Å². The zero-order valence-corrected chi connectivity index (χ0v) is 15.0. The molecule has 1 fully saturated rings. The fraction of sp³-hybridized carbons (Fsp3) is 0.450. The minimum Gasteiger partial charge on any atom is -0.497 e. The Hall–Kier alpha value is -2.27. The largest absolute Gasteiger partial charge is 0.497 e. The van der Waals surface area contributed by atoms with E-state index < -0.39 is 5.41 Å². The summed E-state index contributed by atoms with van der Waals surface area (Å²) in [5.74, 6) is 1.52. The highest BCUT2D eigenvalue weighted by atomic mass is 16.5. The third-order valence-corrected chi connectivity index (χ3v) is 5.27. The van der Waals surface area contributed by atoms with Gasteiger partial charge in [0.2, 0.25) is 5.91 Å². The van der Waals surface area contributed by atoms with E-state index in [1.54, 1.807) is 24.3 Å². The Balaban J connectivity index is 1.91. The minimum absolute atomic E-state index is 0.0353. The molecule has 0 spiro atoms. The molecule has 1 aromatic heterocycles. The van der Waals surface area contributed by atoms with Crippen LogP contribution in [0.1, 0.15) is 31.6 Å². The zero-order chi connectivity index (χ0) is 18.1. The van der Waals surface area contributed by atoms with Gasteiger partial charge in [0.25, 0.3) is 0 Å². The lowest BCUT2D eigenvalue weighted by Crippen LogP contribution is -2.42. The standard InChI is InChI=1S/C20H25NO4/c1-19(2)14-20(19,15-6-8-16(24-3)9-7-15)18(23)21(10-11-22)13-17-5-4-12-25-17/h4-9,12,22H,10-11,13-14H2,1-3H3/t20-/m1/s1. The van der Waals surface area contributed by atoms with E-state index in [2.05, 4.69) is 13.8 Å². The predicted octanol–water partition coefficient (Wildman–Crippen LogP) is 2.98. The van der Waals surface area contributed by atoms with Gasteiger partial charge in [0.15, 0.2) is 0 Å². The van der Waals surface area contributed by atoms with Crippen LogP contribution in [0.15, 0.2) is 47.1 Å². The van der Waals surface area contributed by atoms with E-state index in [1.807, 2.05) is 30.3 Å². The lowest BCUT2D eigenvalue weighted by atomic mass is 9.86. The van der Waals surface area contributed by atoms with Crippen LogP contribution < -0.4 is 4.74 Å². The molecule has 1 heterocycles. The van der Waals surface area contributed by atoms with Gasteiger partial charge in [-0.05, 0) is 41.7 Å². The van der Waals surface area contributed by atoms with Crippen LogP contribution in [0.4, 0.5) is 0 Å². The number of furan rings is 1. The number of ether oxygens (including phenoxy) is 1. The van der Waals surface area contributed by atoms with Crippen molar-refractivity contribution in [1.29, 1.82) is 0 Å². The predicted molar refractivity (Wildman–Crippen MR) is 94.3 cm³/mol. The lowest BCUT2D eigenvalue weighted by Gasteiger charge is -2.29. The number of amides is 1. The van der Waals surface area contributed by atoms with E-state index in [0.29, 0.717) is 12.3 Å². The summed E-state index contributed by atoms with van der Waals surface area (Å²) in [6.45, 7) is 4.79. The number of methoxy groups -OCH3 is 1. The highest BCUT2D eigenvalue weighted by molar-refractivity contribution is 5.93. The molecule has 1 aliphatic rings. The first-order valence-electron chi connectivity index (χ1n) is 8.52. The summed E-state index contributed by atoms with van der Waals surface area (Å²) in [6, 6.07) is 11.4. The molecule has 5 nitrogen and oxygen atoms in total. The molecule has 1 aliphatic carbocycles. The van der Waals surface area contributed by atoms with Crippen LogP contribution in [-0.2, 0) is 16.8 Å². The van der Waals surface area contributed by atoms with Gasteiger partial charge in [-0.15, -0.1) is 0 Å². The molecule has 25 heavy (non-hydrogen) atoms. The highest BCUT2D eigenvalue weighted by Crippen LogP contribution is 2.65. The summed E-state index contributed by atoms with van der Waals surface area (Å²) >= 11 is 0. The van der Waals surface area contributed by atoms with Crippen LogP contribution in [0.25, 0.3) is 0 Å². The average molecular weight is 343 g/mol. The topological polar surface area (TPSA) is 62.9 Å². The molecule has 0 unspecified atom stereocenters. The molecular weight excluding hydrogens is 318 g/mol. The van der Waals surface area contributed by atoms with Gasteiger partial charge < -0.3 is 19.2 Å². The number of aliphatic hydroxyl groups excluding tert-OH is 1. The van der Waals surface area contributed by atoms with Crippen LogP contribution in [0.2, 0.25) is 0 Å². The fourth-order valence-corrected chi connectivity index (χ4v) is 3.71. The minimum atomic E-state index is -0.568. The second-order valence-corrected chi connectivity index (χ2v) is 7.22. The molecule has 0 radical (unpaired) electrons. The van der Waals surface area contributed by atoms with Crippen molar-refractivity contribution in [3.05, 3.63) is 54.0 Å². The summed E-state index contributed by atoms with van der Waals surface area (Å²) in [5, 5.41) is 9.43. The van der Waals surface area contributed by atoms with Crippen LogP contribution >= 0.6 is 0 Å². The van der Waals surface area contributed by atoms with Crippen LogP contribution in [-0.4, -0.2) is 36.2 Å². The van der Waals surface area contributed by atoms with Crippen molar-refractivity contribution in [2.24, 2.45) is 5.41 Å². The number of carbonyl (C=O) groups is 1. The summed E-state index contributed by atoms with van der Waals surface area (Å²) in [6.07, 6.45) is 2.38. The number of carbonyl (C=O) groups excluding carboxylic acids is 1. The molecule has 1 amide bonds. The van der Waals surface area contributed by atoms with Crippen LogP contribution in [0, 0.1) is 5.41 Å². The molecule has 1 atom stereocenters. The molecule has 1 saturated carbocycles. The lowest BCUT2D eigenvalue weighted by molar-refractivity contribution is -0.136. The Morgan fingerprint density at radius 3 is 2.44 bits per heavy atom. The first-order valence-corrected chi connectivity index (χ1v) is 8.52. The molecule has 3 rings (SSSR count). The maximum atomic E-state index is 13.5. The summed E-state index contributed by atoms with van der Waals surface area (Å²) < 4.78 is 10.6. The number of aliphatic hydroxyl groups is 1.